The van der Waals surface area contributed by atoms with Gasteiger partial charge in [0.25, 0.3) is 6.43 Å². The average molecular weight is 167 g/mol. The van der Waals surface area contributed by atoms with Crippen LogP contribution in [0, 0.1) is 5.41 Å². The molecule has 0 radical (unpaired) electrons. The van der Waals surface area contributed by atoms with Crippen LogP contribution in [0.15, 0.2) is 0 Å². The number of alkyl halides is 2. The Balaban J connectivity index is 3.38. The summed E-state index contributed by atoms with van der Waals surface area (Å²) in [5.74, 6) is 0. The summed E-state index contributed by atoms with van der Waals surface area (Å²) in [5.41, 5.74) is -0.311. The van der Waals surface area contributed by atoms with Gasteiger partial charge in [0.05, 0.1) is 6.54 Å². The minimum atomic E-state index is -2.32. The van der Waals surface area contributed by atoms with Gasteiger partial charge in [0.2, 0.25) is 0 Å². The zero-order valence-electron chi connectivity index (χ0n) is 6.90. The van der Waals surface area contributed by atoms with E-state index in [2.05, 4.69) is 5.32 Å². The van der Waals surface area contributed by atoms with Crippen molar-refractivity contribution in [3.05, 3.63) is 0 Å². The summed E-state index contributed by atoms with van der Waals surface area (Å²) < 4.78 is 23.2. The molecule has 0 unspecified atom stereocenters. The van der Waals surface area contributed by atoms with Crippen LogP contribution in [0.25, 0.3) is 0 Å². The molecule has 0 amide bonds. The Morgan fingerprint density at radius 2 is 2.00 bits per heavy atom. The predicted octanol–water partition coefficient (Wildman–Crippen LogP) is 0.860. The summed E-state index contributed by atoms with van der Waals surface area (Å²) in [6.45, 7) is 3.73. The highest BCUT2D eigenvalue weighted by Gasteiger charge is 2.16. The Kier molecular flexibility index (Phi) is 4.52. The minimum absolute atomic E-state index is 0.00321. The second-order valence-corrected chi connectivity index (χ2v) is 3.34. The number of hydrogen-bond acceptors (Lipinski definition) is 2. The zero-order chi connectivity index (χ0) is 8.91. The van der Waals surface area contributed by atoms with Gasteiger partial charge in [-0.15, -0.1) is 0 Å². The molecule has 0 saturated heterocycles. The molecule has 68 valence electrons. The molecular weight excluding hydrogens is 152 g/mol. The molecule has 0 saturated carbocycles. The number of hydrogen-bond donors (Lipinski definition) is 2. The quantitative estimate of drug-likeness (QED) is 0.636. The van der Waals surface area contributed by atoms with Crippen LogP contribution in [-0.2, 0) is 0 Å². The predicted molar refractivity (Wildman–Crippen MR) is 39.7 cm³/mol. The van der Waals surface area contributed by atoms with Crippen molar-refractivity contribution in [3.63, 3.8) is 0 Å². The van der Waals surface area contributed by atoms with E-state index in [1.165, 1.54) is 0 Å². The van der Waals surface area contributed by atoms with E-state index in [0.717, 1.165) is 0 Å². The maximum absolute atomic E-state index is 11.6. The van der Waals surface area contributed by atoms with E-state index in [1.807, 2.05) is 13.8 Å². The molecule has 0 aliphatic heterocycles. The monoisotopic (exact) mass is 167 g/mol. The molecule has 0 bridgehead atoms. The van der Waals surface area contributed by atoms with E-state index in [4.69, 9.17) is 5.11 Å². The lowest BCUT2D eigenvalue weighted by Crippen LogP contribution is -2.34. The molecular formula is C7H15F2NO. The van der Waals surface area contributed by atoms with Gasteiger partial charge in [-0.05, 0) is 0 Å². The van der Waals surface area contributed by atoms with E-state index < -0.39 is 6.43 Å². The van der Waals surface area contributed by atoms with E-state index in [9.17, 15) is 8.78 Å². The van der Waals surface area contributed by atoms with Crippen LogP contribution in [0.5, 0.6) is 0 Å². The molecule has 2 nitrogen and oxygen atoms in total. The molecule has 0 rings (SSSR count). The molecule has 2 N–H and O–H groups in total. The molecule has 4 heteroatoms. The fourth-order valence-electron chi connectivity index (χ4n) is 0.576. The van der Waals surface area contributed by atoms with Crippen LogP contribution < -0.4 is 5.32 Å². The molecule has 0 aliphatic carbocycles. The van der Waals surface area contributed by atoms with E-state index in [-0.39, 0.29) is 18.6 Å². The van der Waals surface area contributed by atoms with E-state index in [1.54, 1.807) is 0 Å². The third-order valence-electron chi connectivity index (χ3n) is 1.33. The van der Waals surface area contributed by atoms with Gasteiger partial charge < -0.3 is 10.4 Å². The van der Waals surface area contributed by atoms with Crippen molar-refractivity contribution in [2.75, 3.05) is 19.7 Å². The van der Waals surface area contributed by atoms with Crippen molar-refractivity contribution in [2.24, 2.45) is 5.41 Å². The van der Waals surface area contributed by atoms with Crippen LogP contribution in [-0.4, -0.2) is 31.2 Å². The van der Waals surface area contributed by atoms with Crippen molar-refractivity contribution in [3.8, 4) is 0 Å². The molecule has 0 aromatic rings. The normalized spacial score (nSPS) is 12.5. The summed E-state index contributed by atoms with van der Waals surface area (Å²) in [6.07, 6.45) is -2.32. The van der Waals surface area contributed by atoms with Crippen molar-refractivity contribution < 1.29 is 13.9 Å². The Morgan fingerprint density at radius 3 is 2.36 bits per heavy atom. The lowest BCUT2D eigenvalue weighted by molar-refractivity contribution is 0.124. The van der Waals surface area contributed by atoms with Crippen LogP contribution >= 0.6 is 0 Å². The molecule has 0 atom stereocenters. The first kappa shape index (κ1) is 10.8. The third kappa shape index (κ3) is 6.19. The zero-order valence-corrected chi connectivity index (χ0v) is 6.90. The van der Waals surface area contributed by atoms with Gasteiger partial charge in [0.1, 0.15) is 0 Å². The summed E-state index contributed by atoms with van der Waals surface area (Å²) in [7, 11) is 0. The fraction of sp³-hybridized carbons (Fsp3) is 1.00. The lowest BCUT2D eigenvalue weighted by atomic mass is 9.95. The Labute approximate surface area is 65.6 Å². The summed E-state index contributed by atoms with van der Waals surface area (Å²) in [4.78, 5) is 0. The van der Waals surface area contributed by atoms with E-state index >= 15 is 0 Å². The third-order valence-corrected chi connectivity index (χ3v) is 1.33. The molecule has 0 aromatic carbocycles. The van der Waals surface area contributed by atoms with Crippen LogP contribution in [0.4, 0.5) is 8.78 Å². The maximum Gasteiger partial charge on any atom is 0.250 e. The van der Waals surface area contributed by atoms with Gasteiger partial charge in [-0.3, -0.25) is 0 Å². The molecule has 0 heterocycles. The summed E-state index contributed by atoms with van der Waals surface area (Å²) >= 11 is 0. The average Bonchev–Trinajstić information content (AvgIpc) is 1.87. The maximum atomic E-state index is 11.6. The first-order valence-corrected chi connectivity index (χ1v) is 3.58. The molecule has 0 aromatic heterocycles. The largest absolute Gasteiger partial charge is 0.396 e. The number of halogens is 2. The van der Waals surface area contributed by atoms with Crippen LogP contribution in [0.2, 0.25) is 0 Å². The van der Waals surface area contributed by atoms with E-state index in [0.29, 0.717) is 6.54 Å². The Morgan fingerprint density at radius 1 is 1.45 bits per heavy atom. The lowest BCUT2D eigenvalue weighted by Gasteiger charge is -2.21. The minimum Gasteiger partial charge on any atom is -0.396 e. The number of rotatable bonds is 5. The van der Waals surface area contributed by atoms with Crippen molar-refractivity contribution in [2.45, 2.75) is 20.3 Å². The highest BCUT2D eigenvalue weighted by Crippen LogP contribution is 2.10. The molecule has 0 fully saturated rings. The molecule has 0 spiro atoms. The van der Waals surface area contributed by atoms with Crippen molar-refractivity contribution >= 4 is 0 Å². The topological polar surface area (TPSA) is 32.3 Å². The standard InChI is InChI=1S/C7H15F2NO/c1-7(2,5-11)4-10-3-6(8)9/h6,10-11H,3-5H2,1-2H3. The first-order chi connectivity index (χ1) is 4.98. The van der Waals surface area contributed by atoms with Gasteiger partial charge in [0.15, 0.2) is 0 Å². The second kappa shape index (κ2) is 4.62. The number of nitrogens with one attached hydrogen (secondary N) is 1. The van der Waals surface area contributed by atoms with Gasteiger partial charge in [-0.25, -0.2) is 8.78 Å². The summed E-state index contributed by atoms with van der Waals surface area (Å²) in [6, 6.07) is 0. The highest BCUT2D eigenvalue weighted by molar-refractivity contribution is 4.69. The van der Waals surface area contributed by atoms with Gasteiger partial charge in [-0.2, -0.15) is 0 Å². The molecule has 11 heavy (non-hydrogen) atoms. The van der Waals surface area contributed by atoms with Crippen LogP contribution in [0.1, 0.15) is 13.8 Å². The smallest absolute Gasteiger partial charge is 0.250 e. The number of aliphatic hydroxyl groups is 1. The number of aliphatic hydroxyl groups excluding tert-OH is 1. The SMILES string of the molecule is CC(C)(CO)CNCC(F)F. The van der Waals surface area contributed by atoms with Crippen molar-refractivity contribution in [1.82, 2.24) is 5.32 Å². The van der Waals surface area contributed by atoms with Gasteiger partial charge >= 0.3 is 0 Å². The van der Waals surface area contributed by atoms with Gasteiger partial charge in [0, 0.05) is 18.6 Å². The highest BCUT2D eigenvalue weighted by atomic mass is 19.3. The molecule has 0 aliphatic rings. The Hall–Kier alpha value is -0.220. The fourth-order valence-corrected chi connectivity index (χ4v) is 0.576. The Bertz CT molecular complexity index is 107. The summed E-state index contributed by atoms with van der Waals surface area (Å²) in [5, 5.41) is 11.3. The first-order valence-electron chi connectivity index (χ1n) is 3.58. The van der Waals surface area contributed by atoms with Crippen LogP contribution in [0.3, 0.4) is 0 Å². The van der Waals surface area contributed by atoms with Gasteiger partial charge in [-0.1, -0.05) is 13.8 Å². The van der Waals surface area contributed by atoms with Crippen molar-refractivity contribution in [1.29, 1.82) is 0 Å². The second-order valence-electron chi connectivity index (χ2n) is 3.34.